The standard InChI is InChI=1S/C18H18ClNO3/c1-18(2,13-7-4-3-5-8-13)17(22)23-12-16(21)20-15-10-6-9-14(19)11-15/h3-11H,12H2,1-2H3,(H,20,21). The Kier molecular flexibility index (Phi) is 5.40. The van der Waals surface area contributed by atoms with E-state index in [9.17, 15) is 9.59 Å². The normalized spacial score (nSPS) is 10.9. The molecule has 0 bridgehead atoms. The Morgan fingerprint density at radius 1 is 1.09 bits per heavy atom. The first-order valence-electron chi connectivity index (χ1n) is 7.18. The Bertz CT molecular complexity index is 698. The average molecular weight is 332 g/mol. The van der Waals surface area contributed by atoms with Gasteiger partial charge in [-0.05, 0) is 37.6 Å². The molecule has 23 heavy (non-hydrogen) atoms. The predicted molar refractivity (Wildman–Crippen MR) is 90.5 cm³/mol. The van der Waals surface area contributed by atoms with Crippen molar-refractivity contribution in [3.05, 3.63) is 65.2 Å². The Morgan fingerprint density at radius 2 is 1.78 bits per heavy atom. The lowest BCUT2D eigenvalue weighted by Crippen LogP contribution is -2.33. The molecule has 0 heterocycles. The van der Waals surface area contributed by atoms with Gasteiger partial charge in [0.2, 0.25) is 0 Å². The molecule has 0 aromatic heterocycles. The molecule has 120 valence electrons. The summed E-state index contributed by atoms with van der Waals surface area (Å²) in [6.07, 6.45) is 0. The lowest BCUT2D eigenvalue weighted by Gasteiger charge is -2.22. The van der Waals surface area contributed by atoms with Crippen molar-refractivity contribution in [2.75, 3.05) is 11.9 Å². The molecule has 0 saturated carbocycles. The lowest BCUT2D eigenvalue weighted by molar-refractivity contribution is -0.152. The molecule has 1 N–H and O–H groups in total. The van der Waals surface area contributed by atoms with Gasteiger partial charge in [-0.2, -0.15) is 0 Å². The van der Waals surface area contributed by atoms with Crippen molar-refractivity contribution in [1.82, 2.24) is 0 Å². The molecular formula is C18H18ClNO3. The number of anilines is 1. The Balaban J connectivity index is 1.92. The van der Waals surface area contributed by atoms with Crippen LogP contribution in [-0.2, 0) is 19.7 Å². The van der Waals surface area contributed by atoms with Crippen LogP contribution in [0.1, 0.15) is 19.4 Å². The number of hydrogen-bond donors (Lipinski definition) is 1. The first kappa shape index (κ1) is 17.0. The summed E-state index contributed by atoms with van der Waals surface area (Å²) in [5.74, 6) is -0.866. The molecule has 2 aromatic rings. The van der Waals surface area contributed by atoms with Crippen LogP contribution in [-0.4, -0.2) is 18.5 Å². The van der Waals surface area contributed by atoms with Crippen molar-refractivity contribution in [3.8, 4) is 0 Å². The highest BCUT2D eigenvalue weighted by molar-refractivity contribution is 6.30. The van der Waals surface area contributed by atoms with Gasteiger partial charge in [-0.15, -0.1) is 0 Å². The van der Waals surface area contributed by atoms with E-state index in [0.717, 1.165) is 5.56 Å². The number of carbonyl (C=O) groups excluding carboxylic acids is 2. The molecular weight excluding hydrogens is 314 g/mol. The molecule has 2 rings (SSSR count). The molecule has 0 aliphatic carbocycles. The molecule has 0 atom stereocenters. The van der Waals surface area contributed by atoms with Gasteiger partial charge < -0.3 is 10.1 Å². The van der Waals surface area contributed by atoms with Crippen LogP contribution in [0.15, 0.2) is 54.6 Å². The first-order valence-corrected chi connectivity index (χ1v) is 7.55. The minimum atomic E-state index is -0.822. The van der Waals surface area contributed by atoms with Gasteiger partial charge in [-0.25, -0.2) is 0 Å². The quantitative estimate of drug-likeness (QED) is 0.848. The summed E-state index contributed by atoms with van der Waals surface area (Å²) in [4.78, 5) is 24.1. The molecule has 0 aliphatic rings. The second-order valence-electron chi connectivity index (χ2n) is 5.63. The lowest BCUT2D eigenvalue weighted by atomic mass is 9.85. The van der Waals surface area contributed by atoms with Crippen molar-refractivity contribution in [2.45, 2.75) is 19.3 Å². The highest BCUT2D eigenvalue weighted by Crippen LogP contribution is 2.24. The summed E-state index contributed by atoms with van der Waals surface area (Å²) in [5, 5.41) is 3.15. The van der Waals surface area contributed by atoms with Crippen LogP contribution in [0, 0.1) is 0 Å². The van der Waals surface area contributed by atoms with E-state index in [1.165, 1.54) is 0 Å². The maximum absolute atomic E-state index is 12.3. The summed E-state index contributed by atoms with van der Waals surface area (Å²) in [7, 11) is 0. The fourth-order valence-corrected chi connectivity index (χ4v) is 2.24. The topological polar surface area (TPSA) is 55.4 Å². The Hall–Kier alpha value is -2.33. The third-order valence-corrected chi connectivity index (χ3v) is 3.68. The van der Waals surface area contributed by atoms with Gasteiger partial charge in [0.15, 0.2) is 6.61 Å². The van der Waals surface area contributed by atoms with E-state index in [0.29, 0.717) is 10.7 Å². The maximum atomic E-state index is 12.3. The van der Waals surface area contributed by atoms with Crippen LogP contribution in [0.25, 0.3) is 0 Å². The molecule has 5 heteroatoms. The molecule has 0 fully saturated rings. The molecule has 0 aliphatic heterocycles. The number of esters is 1. The van der Waals surface area contributed by atoms with E-state index < -0.39 is 17.3 Å². The first-order chi connectivity index (χ1) is 10.9. The van der Waals surface area contributed by atoms with E-state index in [4.69, 9.17) is 16.3 Å². The van der Waals surface area contributed by atoms with Gasteiger partial charge in [0.25, 0.3) is 5.91 Å². The zero-order chi connectivity index (χ0) is 16.9. The van der Waals surface area contributed by atoms with E-state index in [1.807, 2.05) is 30.3 Å². The van der Waals surface area contributed by atoms with Gasteiger partial charge in [-0.3, -0.25) is 9.59 Å². The third-order valence-electron chi connectivity index (χ3n) is 3.45. The van der Waals surface area contributed by atoms with Gasteiger partial charge in [0, 0.05) is 10.7 Å². The summed E-state index contributed by atoms with van der Waals surface area (Å²) < 4.78 is 5.14. The highest BCUT2D eigenvalue weighted by atomic mass is 35.5. The number of benzene rings is 2. The summed E-state index contributed by atoms with van der Waals surface area (Å²) in [6.45, 7) is 3.18. The number of hydrogen-bond acceptors (Lipinski definition) is 3. The monoisotopic (exact) mass is 331 g/mol. The van der Waals surface area contributed by atoms with Crippen LogP contribution in [0.5, 0.6) is 0 Å². The number of rotatable bonds is 5. The molecule has 0 unspecified atom stereocenters. The molecule has 1 amide bonds. The summed E-state index contributed by atoms with van der Waals surface area (Å²) in [6, 6.07) is 16.1. The summed E-state index contributed by atoms with van der Waals surface area (Å²) in [5.41, 5.74) is 0.568. The minimum absolute atomic E-state index is 0.346. The number of halogens is 1. The van der Waals surface area contributed by atoms with Crippen molar-refractivity contribution in [3.63, 3.8) is 0 Å². The zero-order valence-corrected chi connectivity index (χ0v) is 13.8. The Morgan fingerprint density at radius 3 is 2.43 bits per heavy atom. The zero-order valence-electron chi connectivity index (χ0n) is 13.0. The van der Waals surface area contributed by atoms with Crippen LogP contribution in [0.4, 0.5) is 5.69 Å². The molecule has 0 saturated heterocycles. The summed E-state index contributed by atoms with van der Waals surface area (Å²) >= 11 is 5.85. The number of nitrogens with one attached hydrogen (secondary N) is 1. The third kappa shape index (κ3) is 4.57. The van der Waals surface area contributed by atoms with Crippen molar-refractivity contribution in [2.24, 2.45) is 0 Å². The second-order valence-corrected chi connectivity index (χ2v) is 6.06. The van der Waals surface area contributed by atoms with E-state index in [2.05, 4.69) is 5.32 Å². The number of ether oxygens (including phenoxy) is 1. The fourth-order valence-electron chi connectivity index (χ4n) is 2.05. The van der Waals surface area contributed by atoms with Crippen LogP contribution < -0.4 is 5.32 Å². The van der Waals surface area contributed by atoms with Crippen LogP contribution in [0.2, 0.25) is 5.02 Å². The van der Waals surface area contributed by atoms with Gasteiger partial charge in [0.05, 0.1) is 5.41 Å². The van der Waals surface area contributed by atoms with E-state index in [-0.39, 0.29) is 6.61 Å². The van der Waals surface area contributed by atoms with Gasteiger partial charge in [0.1, 0.15) is 0 Å². The highest BCUT2D eigenvalue weighted by Gasteiger charge is 2.31. The van der Waals surface area contributed by atoms with Crippen molar-refractivity contribution >= 4 is 29.2 Å². The number of carbonyl (C=O) groups is 2. The minimum Gasteiger partial charge on any atom is -0.455 e. The van der Waals surface area contributed by atoms with Crippen LogP contribution in [0.3, 0.4) is 0 Å². The molecule has 0 radical (unpaired) electrons. The molecule has 4 nitrogen and oxygen atoms in total. The van der Waals surface area contributed by atoms with Crippen molar-refractivity contribution in [1.29, 1.82) is 0 Å². The Labute approximate surface area is 140 Å². The maximum Gasteiger partial charge on any atom is 0.316 e. The SMILES string of the molecule is CC(C)(C(=O)OCC(=O)Nc1cccc(Cl)c1)c1ccccc1. The van der Waals surface area contributed by atoms with Gasteiger partial charge in [-0.1, -0.05) is 48.0 Å². The molecule has 0 spiro atoms. The number of amides is 1. The van der Waals surface area contributed by atoms with Crippen molar-refractivity contribution < 1.29 is 14.3 Å². The smallest absolute Gasteiger partial charge is 0.316 e. The average Bonchev–Trinajstić information content (AvgIpc) is 2.53. The molecule has 2 aromatic carbocycles. The second kappa shape index (κ2) is 7.29. The van der Waals surface area contributed by atoms with Crippen LogP contribution >= 0.6 is 11.6 Å². The van der Waals surface area contributed by atoms with E-state index >= 15 is 0 Å². The fraction of sp³-hybridized carbons (Fsp3) is 0.222. The van der Waals surface area contributed by atoms with Gasteiger partial charge >= 0.3 is 5.97 Å². The largest absolute Gasteiger partial charge is 0.455 e. The van der Waals surface area contributed by atoms with E-state index in [1.54, 1.807) is 38.1 Å². The predicted octanol–water partition coefficient (Wildman–Crippen LogP) is 3.80.